The van der Waals surface area contributed by atoms with Crippen molar-refractivity contribution in [3.8, 4) is 5.75 Å². The van der Waals surface area contributed by atoms with Crippen molar-refractivity contribution in [3.63, 3.8) is 0 Å². The van der Waals surface area contributed by atoms with Crippen molar-refractivity contribution in [2.24, 2.45) is 11.1 Å². The number of amides is 1. The quantitative estimate of drug-likeness (QED) is 0.807. The molecule has 2 N–H and O–H groups in total. The Morgan fingerprint density at radius 1 is 1.26 bits per heavy atom. The lowest BCUT2D eigenvalue weighted by Crippen LogP contribution is -2.32. The van der Waals surface area contributed by atoms with E-state index in [0.29, 0.717) is 31.2 Å². The van der Waals surface area contributed by atoms with Gasteiger partial charge in [0.05, 0.1) is 6.61 Å². The van der Waals surface area contributed by atoms with Gasteiger partial charge < -0.3 is 15.0 Å². The molecule has 0 saturated carbocycles. The van der Waals surface area contributed by atoms with Gasteiger partial charge in [0.2, 0.25) is 11.8 Å². The van der Waals surface area contributed by atoms with Crippen LogP contribution in [0.15, 0.2) is 28.8 Å². The van der Waals surface area contributed by atoms with Crippen LogP contribution < -0.4 is 10.5 Å². The van der Waals surface area contributed by atoms with Crippen LogP contribution in [0.2, 0.25) is 0 Å². The fourth-order valence-electron chi connectivity index (χ4n) is 1.99. The monoisotopic (exact) mass is 317 g/mol. The number of carbonyl (C=O) groups is 1. The molecular weight excluding hydrogens is 294 g/mol. The summed E-state index contributed by atoms with van der Waals surface area (Å²) in [6, 6.07) is 7.87. The highest BCUT2D eigenvalue weighted by molar-refractivity contribution is 5.79. The largest absolute Gasteiger partial charge is 0.494 e. The fourth-order valence-corrected chi connectivity index (χ4v) is 1.99. The number of nitrogens with two attached hydrogens (primary N) is 1. The molecule has 1 heterocycles. The zero-order valence-electron chi connectivity index (χ0n) is 13.8. The molecule has 0 fully saturated rings. The van der Waals surface area contributed by atoms with Crippen LogP contribution in [0.5, 0.6) is 5.75 Å². The minimum Gasteiger partial charge on any atom is -0.494 e. The normalized spacial score (nSPS) is 11.4. The van der Waals surface area contributed by atoms with Crippen molar-refractivity contribution in [2.45, 2.75) is 40.0 Å². The molecular formula is C17H23N3O3. The lowest BCUT2D eigenvalue weighted by Gasteiger charge is -2.20. The number of aromatic nitrogens is 2. The van der Waals surface area contributed by atoms with E-state index in [9.17, 15) is 4.79 Å². The molecule has 124 valence electrons. The number of hydrogen-bond acceptors (Lipinski definition) is 5. The van der Waals surface area contributed by atoms with Crippen molar-refractivity contribution in [1.82, 2.24) is 10.1 Å². The predicted octanol–water partition coefficient (Wildman–Crippen LogP) is 2.44. The molecule has 0 unspecified atom stereocenters. The van der Waals surface area contributed by atoms with E-state index in [-0.39, 0.29) is 5.91 Å². The SMILES string of the molecule is Cc1noc(CCc2ccc(OCCC(C)(C)C(N)=O)cc2)n1. The molecule has 1 amide bonds. The van der Waals surface area contributed by atoms with Crippen LogP contribution in [0.25, 0.3) is 0 Å². The van der Waals surface area contributed by atoms with Gasteiger partial charge in [-0.1, -0.05) is 31.1 Å². The molecule has 0 bridgehead atoms. The lowest BCUT2D eigenvalue weighted by atomic mass is 9.89. The van der Waals surface area contributed by atoms with Crippen LogP contribution in [0.1, 0.15) is 37.5 Å². The summed E-state index contributed by atoms with van der Waals surface area (Å²) in [4.78, 5) is 15.4. The minimum atomic E-state index is -0.553. The molecule has 6 nitrogen and oxygen atoms in total. The van der Waals surface area contributed by atoms with E-state index in [1.165, 1.54) is 5.56 Å². The molecule has 2 aromatic rings. The standard InChI is InChI=1S/C17H23N3O3/c1-12-19-15(23-20-12)9-6-13-4-7-14(8-5-13)22-11-10-17(2,3)16(18)21/h4-5,7-8H,6,9-11H2,1-3H3,(H2,18,21). The molecule has 0 atom stereocenters. The van der Waals surface area contributed by atoms with Gasteiger partial charge >= 0.3 is 0 Å². The summed E-state index contributed by atoms with van der Waals surface area (Å²) in [6.07, 6.45) is 2.13. The fraction of sp³-hybridized carbons (Fsp3) is 0.471. The molecule has 0 spiro atoms. The van der Waals surface area contributed by atoms with Gasteiger partial charge in [0.1, 0.15) is 5.75 Å². The van der Waals surface area contributed by atoms with Gasteiger partial charge in [0.25, 0.3) is 0 Å². The number of hydrogen-bond donors (Lipinski definition) is 1. The van der Waals surface area contributed by atoms with E-state index >= 15 is 0 Å². The Hall–Kier alpha value is -2.37. The van der Waals surface area contributed by atoms with Crippen molar-refractivity contribution in [1.29, 1.82) is 0 Å². The van der Waals surface area contributed by atoms with E-state index < -0.39 is 5.41 Å². The average Bonchev–Trinajstić information content (AvgIpc) is 2.92. The number of aryl methyl sites for hydroxylation is 3. The molecule has 0 aliphatic rings. The maximum atomic E-state index is 11.2. The third-order valence-corrected chi connectivity index (χ3v) is 3.78. The zero-order valence-corrected chi connectivity index (χ0v) is 13.8. The van der Waals surface area contributed by atoms with Gasteiger partial charge in [-0.25, -0.2) is 0 Å². The van der Waals surface area contributed by atoms with E-state index in [1.54, 1.807) is 6.92 Å². The topological polar surface area (TPSA) is 91.2 Å². The van der Waals surface area contributed by atoms with Gasteiger partial charge in [0.15, 0.2) is 5.82 Å². The summed E-state index contributed by atoms with van der Waals surface area (Å²) >= 11 is 0. The van der Waals surface area contributed by atoms with Crippen LogP contribution in [0.3, 0.4) is 0 Å². The van der Waals surface area contributed by atoms with Gasteiger partial charge in [-0.2, -0.15) is 4.98 Å². The van der Waals surface area contributed by atoms with Gasteiger partial charge in [0, 0.05) is 11.8 Å². The summed E-state index contributed by atoms with van der Waals surface area (Å²) in [5.41, 5.74) is 5.96. The highest BCUT2D eigenvalue weighted by Gasteiger charge is 2.24. The van der Waals surface area contributed by atoms with Crippen LogP contribution in [0.4, 0.5) is 0 Å². The van der Waals surface area contributed by atoms with Crippen molar-refractivity contribution in [2.75, 3.05) is 6.61 Å². The molecule has 23 heavy (non-hydrogen) atoms. The van der Waals surface area contributed by atoms with Crippen molar-refractivity contribution in [3.05, 3.63) is 41.5 Å². The second-order valence-electron chi connectivity index (χ2n) is 6.23. The number of carbonyl (C=O) groups excluding carboxylic acids is 1. The molecule has 1 aromatic carbocycles. The molecule has 6 heteroatoms. The zero-order chi connectivity index (χ0) is 16.9. The van der Waals surface area contributed by atoms with Crippen LogP contribution >= 0.6 is 0 Å². The number of benzene rings is 1. The first-order valence-electron chi connectivity index (χ1n) is 7.68. The predicted molar refractivity (Wildman–Crippen MR) is 86.0 cm³/mol. The average molecular weight is 317 g/mol. The number of ether oxygens (including phenoxy) is 1. The molecule has 1 aromatic heterocycles. The van der Waals surface area contributed by atoms with E-state index in [2.05, 4.69) is 10.1 Å². The van der Waals surface area contributed by atoms with E-state index in [0.717, 1.165) is 12.2 Å². The Morgan fingerprint density at radius 3 is 2.52 bits per heavy atom. The summed E-state index contributed by atoms with van der Waals surface area (Å²) in [5, 5.41) is 3.77. The van der Waals surface area contributed by atoms with Gasteiger partial charge in [-0.15, -0.1) is 0 Å². The molecule has 0 radical (unpaired) electrons. The van der Waals surface area contributed by atoms with Crippen LogP contribution in [0, 0.1) is 12.3 Å². The molecule has 0 aliphatic carbocycles. The first kappa shape index (κ1) is 17.0. The van der Waals surface area contributed by atoms with E-state index in [4.69, 9.17) is 15.0 Å². The first-order chi connectivity index (χ1) is 10.9. The molecule has 0 saturated heterocycles. The Labute approximate surface area is 136 Å². The minimum absolute atomic E-state index is 0.312. The second kappa shape index (κ2) is 7.26. The Morgan fingerprint density at radius 2 is 1.96 bits per heavy atom. The third-order valence-electron chi connectivity index (χ3n) is 3.78. The van der Waals surface area contributed by atoms with Crippen LogP contribution in [-0.4, -0.2) is 22.7 Å². The Kier molecular flexibility index (Phi) is 5.36. The first-order valence-corrected chi connectivity index (χ1v) is 7.68. The summed E-state index contributed by atoms with van der Waals surface area (Å²) < 4.78 is 10.8. The van der Waals surface area contributed by atoms with Gasteiger partial charge in [-0.3, -0.25) is 4.79 Å². The maximum absolute atomic E-state index is 11.2. The van der Waals surface area contributed by atoms with Crippen molar-refractivity contribution >= 4 is 5.91 Å². The van der Waals surface area contributed by atoms with Crippen LogP contribution in [-0.2, 0) is 17.6 Å². The third kappa shape index (κ3) is 5.09. The highest BCUT2D eigenvalue weighted by Crippen LogP contribution is 2.21. The van der Waals surface area contributed by atoms with Gasteiger partial charge in [-0.05, 0) is 37.5 Å². The number of primary amides is 1. The second-order valence-corrected chi connectivity index (χ2v) is 6.23. The van der Waals surface area contributed by atoms with E-state index in [1.807, 2.05) is 38.1 Å². The highest BCUT2D eigenvalue weighted by atomic mass is 16.5. The molecule has 2 rings (SSSR count). The van der Waals surface area contributed by atoms with Crippen molar-refractivity contribution < 1.29 is 14.1 Å². The smallest absolute Gasteiger partial charge is 0.226 e. The number of rotatable bonds is 8. The maximum Gasteiger partial charge on any atom is 0.226 e. The Balaban J connectivity index is 1.79. The Bertz CT molecular complexity index is 647. The number of nitrogens with zero attached hydrogens (tertiary/aromatic N) is 2. The summed E-state index contributed by atoms with van der Waals surface area (Å²) in [7, 11) is 0. The molecule has 0 aliphatic heterocycles. The summed E-state index contributed by atoms with van der Waals surface area (Å²) in [6.45, 7) is 5.90. The lowest BCUT2D eigenvalue weighted by molar-refractivity contribution is -0.126. The summed E-state index contributed by atoms with van der Waals surface area (Å²) in [5.74, 6) is 1.77.